The second-order valence-electron chi connectivity index (χ2n) is 6.06. The molecule has 0 aromatic heterocycles. The summed E-state index contributed by atoms with van der Waals surface area (Å²) < 4.78 is 28.1. The largest absolute Gasteiger partial charge is 0.398 e. The van der Waals surface area contributed by atoms with Crippen LogP contribution in [0.2, 0.25) is 0 Å². The van der Waals surface area contributed by atoms with E-state index in [0.717, 1.165) is 0 Å². The molecule has 0 aliphatic rings. The van der Waals surface area contributed by atoms with Gasteiger partial charge in [0.05, 0.1) is 5.60 Å². The molecule has 5 N–H and O–H groups in total. The smallest absolute Gasteiger partial charge is 0.131 e. The molecule has 0 saturated heterocycles. The van der Waals surface area contributed by atoms with Crippen molar-refractivity contribution in [1.29, 1.82) is 0 Å². The van der Waals surface area contributed by atoms with E-state index >= 15 is 0 Å². The molecule has 128 valence electrons. The van der Waals surface area contributed by atoms with Gasteiger partial charge in [-0.15, -0.1) is 0 Å². The first-order chi connectivity index (χ1) is 11.2. The molecule has 2 aromatic carbocycles. The summed E-state index contributed by atoms with van der Waals surface area (Å²) in [5, 5.41) is 10.2. The van der Waals surface area contributed by atoms with Gasteiger partial charge in [-0.25, -0.2) is 8.78 Å². The molecule has 0 fully saturated rings. The fraction of sp³-hybridized carbons (Fsp3) is 0.278. The van der Waals surface area contributed by atoms with Crippen LogP contribution < -0.4 is 11.5 Å². The van der Waals surface area contributed by atoms with E-state index in [0.29, 0.717) is 27.9 Å². The van der Waals surface area contributed by atoms with Crippen molar-refractivity contribution in [2.24, 2.45) is 10.7 Å². The molecule has 0 radical (unpaired) electrons. The molecule has 0 saturated carbocycles. The molecule has 24 heavy (non-hydrogen) atoms. The zero-order chi connectivity index (χ0) is 18.1. The SMILES string of the molecule is CN=Cc1c(-c2cc(F)c(CN)c(F)c2)ccc(C(C)(C)O)c1N. The lowest BCUT2D eigenvalue weighted by molar-refractivity contribution is 0.0794. The Hall–Kier alpha value is -2.31. The molecule has 0 bridgehead atoms. The number of nitrogens with zero attached hydrogens (tertiary/aromatic N) is 1. The molecule has 0 atom stereocenters. The van der Waals surface area contributed by atoms with Gasteiger partial charge in [0.1, 0.15) is 11.6 Å². The summed E-state index contributed by atoms with van der Waals surface area (Å²) in [5.74, 6) is -1.42. The molecule has 0 spiro atoms. The summed E-state index contributed by atoms with van der Waals surface area (Å²) in [6.07, 6.45) is 1.51. The first-order valence-electron chi connectivity index (χ1n) is 7.46. The average Bonchev–Trinajstić information content (AvgIpc) is 2.47. The van der Waals surface area contributed by atoms with Crippen molar-refractivity contribution in [3.63, 3.8) is 0 Å². The van der Waals surface area contributed by atoms with Crippen molar-refractivity contribution in [2.75, 3.05) is 12.8 Å². The molecular formula is C18H21F2N3O. The van der Waals surface area contributed by atoms with E-state index < -0.39 is 17.2 Å². The maximum absolute atomic E-state index is 14.1. The average molecular weight is 333 g/mol. The van der Waals surface area contributed by atoms with Gasteiger partial charge in [0.25, 0.3) is 0 Å². The van der Waals surface area contributed by atoms with Gasteiger partial charge >= 0.3 is 0 Å². The zero-order valence-electron chi connectivity index (χ0n) is 13.9. The number of rotatable bonds is 4. The van der Waals surface area contributed by atoms with E-state index in [-0.39, 0.29) is 12.1 Å². The van der Waals surface area contributed by atoms with Crippen LogP contribution in [0.25, 0.3) is 11.1 Å². The van der Waals surface area contributed by atoms with E-state index in [2.05, 4.69) is 4.99 Å². The summed E-state index contributed by atoms with van der Waals surface area (Å²) in [4.78, 5) is 3.96. The number of nitrogen functional groups attached to an aromatic ring is 1. The molecule has 0 aliphatic heterocycles. The van der Waals surface area contributed by atoms with Crippen LogP contribution in [0, 0.1) is 11.6 Å². The predicted molar refractivity (Wildman–Crippen MR) is 92.9 cm³/mol. The second-order valence-corrected chi connectivity index (χ2v) is 6.06. The fourth-order valence-corrected chi connectivity index (χ4v) is 2.64. The van der Waals surface area contributed by atoms with E-state index in [1.165, 1.54) is 18.3 Å². The highest BCUT2D eigenvalue weighted by molar-refractivity contribution is 5.97. The highest BCUT2D eigenvalue weighted by Crippen LogP contribution is 2.35. The van der Waals surface area contributed by atoms with Crippen LogP contribution >= 0.6 is 0 Å². The maximum Gasteiger partial charge on any atom is 0.131 e. The predicted octanol–water partition coefficient (Wildman–Crippen LogP) is 2.95. The van der Waals surface area contributed by atoms with Crippen molar-refractivity contribution >= 4 is 11.9 Å². The van der Waals surface area contributed by atoms with Gasteiger partial charge in [-0.05, 0) is 37.1 Å². The lowest BCUT2D eigenvalue weighted by Crippen LogP contribution is -2.19. The number of hydrogen-bond donors (Lipinski definition) is 3. The Kier molecular flexibility index (Phi) is 5.01. The Morgan fingerprint density at radius 1 is 1.21 bits per heavy atom. The topological polar surface area (TPSA) is 84.6 Å². The number of aliphatic hydroxyl groups is 1. The number of halogens is 2. The van der Waals surface area contributed by atoms with Gasteiger partial charge in [0.15, 0.2) is 0 Å². The summed E-state index contributed by atoms with van der Waals surface area (Å²) in [7, 11) is 1.57. The van der Waals surface area contributed by atoms with Gasteiger partial charge < -0.3 is 16.6 Å². The summed E-state index contributed by atoms with van der Waals surface area (Å²) in [6, 6.07) is 5.74. The molecule has 4 nitrogen and oxygen atoms in total. The Morgan fingerprint density at radius 2 is 1.79 bits per heavy atom. The van der Waals surface area contributed by atoms with Crippen molar-refractivity contribution in [2.45, 2.75) is 26.0 Å². The van der Waals surface area contributed by atoms with Crippen molar-refractivity contribution < 1.29 is 13.9 Å². The minimum Gasteiger partial charge on any atom is -0.398 e. The van der Waals surface area contributed by atoms with Crippen LogP contribution in [0.3, 0.4) is 0 Å². The fourth-order valence-electron chi connectivity index (χ4n) is 2.64. The first-order valence-corrected chi connectivity index (χ1v) is 7.46. The molecule has 0 heterocycles. The van der Waals surface area contributed by atoms with E-state index in [9.17, 15) is 13.9 Å². The molecule has 2 rings (SSSR count). The van der Waals surface area contributed by atoms with Crippen LogP contribution in [-0.2, 0) is 12.1 Å². The Morgan fingerprint density at radius 3 is 2.25 bits per heavy atom. The van der Waals surface area contributed by atoms with E-state index in [1.807, 2.05) is 0 Å². The van der Waals surface area contributed by atoms with Gasteiger partial charge in [0.2, 0.25) is 0 Å². The van der Waals surface area contributed by atoms with Gasteiger partial charge in [-0.2, -0.15) is 0 Å². The minimum atomic E-state index is -1.15. The van der Waals surface area contributed by atoms with Crippen molar-refractivity contribution in [3.8, 4) is 11.1 Å². The lowest BCUT2D eigenvalue weighted by Gasteiger charge is -2.22. The molecule has 6 heteroatoms. The lowest BCUT2D eigenvalue weighted by atomic mass is 9.89. The summed E-state index contributed by atoms with van der Waals surface area (Å²) >= 11 is 0. The quantitative estimate of drug-likeness (QED) is 0.594. The monoisotopic (exact) mass is 333 g/mol. The Labute approximate surface area is 139 Å². The molecule has 0 amide bonds. The summed E-state index contributed by atoms with van der Waals surface area (Å²) in [5.41, 5.74) is 12.4. The Bertz CT molecular complexity index is 773. The van der Waals surface area contributed by atoms with Crippen molar-refractivity contribution in [3.05, 3.63) is 52.6 Å². The first kappa shape index (κ1) is 18.0. The third-order valence-electron chi connectivity index (χ3n) is 3.86. The Balaban J connectivity index is 2.74. The van der Waals surface area contributed by atoms with Crippen LogP contribution in [-0.4, -0.2) is 18.4 Å². The number of benzene rings is 2. The second kappa shape index (κ2) is 6.67. The molecule has 0 unspecified atom stereocenters. The van der Waals surface area contributed by atoms with Gasteiger partial charge in [0, 0.05) is 42.2 Å². The van der Waals surface area contributed by atoms with Gasteiger partial charge in [-0.1, -0.05) is 12.1 Å². The van der Waals surface area contributed by atoms with Crippen molar-refractivity contribution in [1.82, 2.24) is 0 Å². The van der Waals surface area contributed by atoms with Crippen LogP contribution in [0.15, 0.2) is 29.3 Å². The number of aliphatic imine (C=N–C) groups is 1. The number of nitrogens with two attached hydrogens (primary N) is 2. The number of anilines is 1. The zero-order valence-corrected chi connectivity index (χ0v) is 13.9. The van der Waals surface area contributed by atoms with E-state index in [4.69, 9.17) is 11.5 Å². The van der Waals surface area contributed by atoms with Crippen LogP contribution in [0.1, 0.15) is 30.5 Å². The highest BCUT2D eigenvalue weighted by atomic mass is 19.1. The summed E-state index contributed by atoms with van der Waals surface area (Å²) in [6.45, 7) is 3.00. The minimum absolute atomic E-state index is 0.162. The van der Waals surface area contributed by atoms with Crippen LogP contribution in [0.5, 0.6) is 0 Å². The third-order valence-corrected chi connectivity index (χ3v) is 3.86. The molecular weight excluding hydrogens is 312 g/mol. The number of hydrogen-bond acceptors (Lipinski definition) is 4. The molecule has 0 aliphatic carbocycles. The van der Waals surface area contributed by atoms with E-state index in [1.54, 1.807) is 33.0 Å². The standard InChI is InChI=1S/C18H21F2N3O/c1-18(2,24)14-5-4-11(13(9-23-3)17(14)22)10-6-15(19)12(8-21)16(20)7-10/h4-7,9,24H,8,21-22H2,1-3H3. The highest BCUT2D eigenvalue weighted by Gasteiger charge is 2.23. The van der Waals surface area contributed by atoms with Gasteiger partial charge in [-0.3, -0.25) is 4.99 Å². The third kappa shape index (κ3) is 3.29. The van der Waals surface area contributed by atoms with Crippen LogP contribution in [0.4, 0.5) is 14.5 Å². The normalized spacial score (nSPS) is 12.1. The molecule has 2 aromatic rings. The maximum atomic E-state index is 14.1.